The minimum Gasteiger partial charge on any atom is -0.352 e. The van der Waals surface area contributed by atoms with Crippen molar-refractivity contribution >= 4 is 17.7 Å². The standard InChI is InChI=1S/C12H15NOS/c1-2-8-13-12(14)10-15-9-11-6-4-3-5-7-11/h2-7H,1,8-10H2,(H,13,14). The molecule has 0 radical (unpaired) electrons. The summed E-state index contributed by atoms with van der Waals surface area (Å²) in [6.07, 6.45) is 1.68. The Morgan fingerprint density at radius 1 is 1.40 bits per heavy atom. The van der Waals surface area contributed by atoms with Crippen molar-refractivity contribution in [2.75, 3.05) is 12.3 Å². The molecule has 0 saturated carbocycles. The summed E-state index contributed by atoms with van der Waals surface area (Å²) in [6, 6.07) is 10.1. The number of benzene rings is 1. The first-order valence-corrected chi connectivity index (χ1v) is 5.97. The summed E-state index contributed by atoms with van der Waals surface area (Å²) in [5.41, 5.74) is 1.25. The van der Waals surface area contributed by atoms with Gasteiger partial charge in [0.1, 0.15) is 0 Å². The lowest BCUT2D eigenvalue weighted by Gasteiger charge is -2.02. The highest BCUT2D eigenvalue weighted by Crippen LogP contribution is 2.10. The molecule has 80 valence electrons. The summed E-state index contributed by atoms with van der Waals surface area (Å²) in [5, 5.41) is 2.74. The van der Waals surface area contributed by atoms with Crippen molar-refractivity contribution in [3.05, 3.63) is 48.6 Å². The van der Waals surface area contributed by atoms with Crippen LogP contribution >= 0.6 is 11.8 Å². The number of hydrogen-bond acceptors (Lipinski definition) is 2. The van der Waals surface area contributed by atoms with E-state index in [9.17, 15) is 4.79 Å². The number of amides is 1. The first-order valence-electron chi connectivity index (χ1n) is 4.82. The molecule has 0 aliphatic carbocycles. The van der Waals surface area contributed by atoms with Gasteiger partial charge in [0, 0.05) is 12.3 Å². The number of carbonyl (C=O) groups is 1. The number of hydrogen-bond donors (Lipinski definition) is 1. The van der Waals surface area contributed by atoms with Crippen LogP contribution in [0.1, 0.15) is 5.56 Å². The Morgan fingerprint density at radius 3 is 2.80 bits per heavy atom. The van der Waals surface area contributed by atoms with Crippen molar-refractivity contribution in [2.45, 2.75) is 5.75 Å². The first-order chi connectivity index (χ1) is 7.33. The minimum absolute atomic E-state index is 0.0656. The maximum atomic E-state index is 11.2. The van der Waals surface area contributed by atoms with Crippen molar-refractivity contribution in [1.82, 2.24) is 5.32 Å². The minimum atomic E-state index is 0.0656. The van der Waals surface area contributed by atoms with E-state index in [-0.39, 0.29) is 5.91 Å². The Kier molecular flexibility index (Phi) is 5.63. The van der Waals surface area contributed by atoms with E-state index < -0.39 is 0 Å². The van der Waals surface area contributed by atoms with Gasteiger partial charge in [0.05, 0.1) is 5.75 Å². The average molecular weight is 221 g/mol. The van der Waals surface area contributed by atoms with Crippen LogP contribution in [0.25, 0.3) is 0 Å². The highest BCUT2D eigenvalue weighted by atomic mass is 32.2. The molecule has 0 aromatic heterocycles. The molecule has 0 unspecified atom stereocenters. The summed E-state index contributed by atoms with van der Waals surface area (Å²) in [7, 11) is 0. The van der Waals surface area contributed by atoms with Gasteiger partial charge in [0.25, 0.3) is 0 Å². The van der Waals surface area contributed by atoms with Crippen LogP contribution in [0.5, 0.6) is 0 Å². The number of nitrogens with one attached hydrogen (secondary N) is 1. The Morgan fingerprint density at radius 2 is 2.13 bits per heavy atom. The van der Waals surface area contributed by atoms with E-state index in [1.807, 2.05) is 18.2 Å². The van der Waals surface area contributed by atoms with Gasteiger partial charge >= 0.3 is 0 Å². The first kappa shape index (κ1) is 11.9. The summed E-state index contributed by atoms with van der Waals surface area (Å²) < 4.78 is 0. The van der Waals surface area contributed by atoms with Gasteiger partial charge in [-0.05, 0) is 5.56 Å². The molecule has 0 heterocycles. The fourth-order valence-corrected chi connectivity index (χ4v) is 1.89. The van der Waals surface area contributed by atoms with E-state index in [1.165, 1.54) is 5.56 Å². The summed E-state index contributed by atoms with van der Waals surface area (Å²) >= 11 is 1.62. The lowest BCUT2D eigenvalue weighted by molar-refractivity contribution is -0.118. The fourth-order valence-electron chi connectivity index (χ4n) is 1.07. The second-order valence-electron chi connectivity index (χ2n) is 3.07. The van der Waals surface area contributed by atoms with Crippen LogP contribution in [0.4, 0.5) is 0 Å². The predicted octanol–water partition coefficient (Wildman–Crippen LogP) is 2.22. The van der Waals surface area contributed by atoms with Crippen LogP contribution in [-0.4, -0.2) is 18.2 Å². The molecule has 1 N–H and O–H groups in total. The molecular formula is C12H15NOS. The SMILES string of the molecule is C=CCNC(=O)CSCc1ccccc1. The van der Waals surface area contributed by atoms with Gasteiger partial charge in [-0.25, -0.2) is 0 Å². The van der Waals surface area contributed by atoms with E-state index in [2.05, 4.69) is 24.0 Å². The monoisotopic (exact) mass is 221 g/mol. The highest BCUT2D eigenvalue weighted by molar-refractivity contribution is 7.99. The topological polar surface area (TPSA) is 29.1 Å². The molecule has 0 fully saturated rings. The molecule has 0 aliphatic rings. The smallest absolute Gasteiger partial charge is 0.230 e. The van der Waals surface area contributed by atoms with E-state index in [0.717, 1.165) is 5.75 Å². The van der Waals surface area contributed by atoms with E-state index in [0.29, 0.717) is 12.3 Å². The number of thioether (sulfide) groups is 1. The zero-order chi connectivity index (χ0) is 10.9. The molecule has 0 saturated heterocycles. The molecule has 1 aromatic carbocycles. The summed E-state index contributed by atoms with van der Waals surface area (Å²) in [5.74, 6) is 1.45. The van der Waals surface area contributed by atoms with Crippen LogP contribution in [-0.2, 0) is 10.5 Å². The maximum Gasteiger partial charge on any atom is 0.230 e. The zero-order valence-electron chi connectivity index (χ0n) is 8.61. The molecular weight excluding hydrogens is 206 g/mol. The average Bonchev–Trinajstić information content (AvgIpc) is 2.28. The van der Waals surface area contributed by atoms with Gasteiger partial charge in [-0.3, -0.25) is 4.79 Å². The van der Waals surface area contributed by atoms with Crippen molar-refractivity contribution in [2.24, 2.45) is 0 Å². The molecule has 0 aliphatic heterocycles. The van der Waals surface area contributed by atoms with Crippen molar-refractivity contribution in [1.29, 1.82) is 0 Å². The van der Waals surface area contributed by atoms with Crippen LogP contribution in [0.15, 0.2) is 43.0 Å². The van der Waals surface area contributed by atoms with E-state index in [1.54, 1.807) is 17.8 Å². The molecule has 3 heteroatoms. The molecule has 0 atom stereocenters. The fraction of sp³-hybridized carbons (Fsp3) is 0.250. The van der Waals surface area contributed by atoms with Gasteiger partial charge in [-0.2, -0.15) is 0 Å². The van der Waals surface area contributed by atoms with E-state index >= 15 is 0 Å². The Hall–Kier alpha value is -1.22. The largest absolute Gasteiger partial charge is 0.352 e. The molecule has 1 aromatic rings. The Labute approximate surface area is 94.8 Å². The van der Waals surface area contributed by atoms with Crippen LogP contribution in [0.2, 0.25) is 0 Å². The quantitative estimate of drug-likeness (QED) is 0.746. The second-order valence-corrected chi connectivity index (χ2v) is 4.06. The molecule has 1 rings (SSSR count). The summed E-state index contributed by atoms with van der Waals surface area (Å²) in [6.45, 7) is 4.09. The molecule has 1 amide bonds. The van der Waals surface area contributed by atoms with Gasteiger partial charge in [-0.15, -0.1) is 18.3 Å². The third kappa shape index (κ3) is 5.27. The van der Waals surface area contributed by atoms with Crippen molar-refractivity contribution in [3.8, 4) is 0 Å². The summed E-state index contributed by atoms with van der Waals surface area (Å²) in [4.78, 5) is 11.2. The van der Waals surface area contributed by atoms with Gasteiger partial charge in [0.2, 0.25) is 5.91 Å². The lowest BCUT2D eigenvalue weighted by atomic mass is 10.2. The molecule has 0 bridgehead atoms. The lowest BCUT2D eigenvalue weighted by Crippen LogP contribution is -2.24. The molecule has 0 spiro atoms. The number of rotatable bonds is 6. The highest BCUT2D eigenvalue weighted by Gasteiger charge is 1.99. The third-order valence-corrected chi connectivity index (χ3v) is 2.79. The van der Waals surface area contributed by atoms with Crippen molar-refractivity contribution < 1.29 is 4.79 Å². The third-order valence-electron chi connectivity index (χ3n) is 1.79. The second kappa shape index (κ2) is 7.12. The van der Waals surface area contributed by atoms with Crippen LogP contribution in [0, 0.1) is 0 Å². The number of carbonyl (C=O) groups excluding carboxylic acids is 1. The Balaban J connectivity index is 2.16. The Bertz CT molecular complexity index is 311. The van der Waals surface area contributed by atoms with Crippen LogP contribution < -0.4 is 5.32 Å². The van der Waals surface area contributed by atoms with Crippen molar-refractivity contribution in [3.63, 3.8) is 0 Å². The van der Waals surface area contributed by atoms with Crippen LogP contribution in [0.3, 0.4) is 0 Å². The predicted molar refractivity (Wildman–Crippen MR) is 65.8 cm³/mol. The molecule has 15 heavy (non-hydrogen) atoms. The van der Waals surface area contributed by atoms with Gasteiger partial charge in [-0.1, -0.05) is 36.4 Å². The maximum absolute atomic E-state index is 11.2. The molecule has 2 nitrogen and oxygen atoms in total. The van der Waals surface area contributed by atoms with Gasteiger partial charge in [0.15, 0.2) is 0 Å². The van der Waals surface area contributed by atoms with Gasteiger partial charge < -0.3 is 5.32 Å². The zero-order valence-corrected chi connectivity index (χ0v) is 9.43. The normalized spacial score (nSPS) is 9.60. The van der Waals surface area contributed by atoms with E-state index in [4.69, 9.17) is 0 Å².